The van der Waals surface area contributed by atoms with Gasteiger partial charge in [-0.25, -0.2) is 0 Å². The van der Waals surface area contributed by atoms with Gasteiger partial charge >= 0.3 is 0 Å². The van der Waals surface area contributed by atoms with E-state index in [0.717, 1.165) is 25.6 Å². The average Bonchev–Trinajstić information content (AvgIpc) is 2.98. The number of nitrogens with one attached hydrogen (secondary N) is 2. The number of hydrogen-bond donors (Lipinski definition) is 2. The minimum absolute atomic E-state index is 0.464. The van der Waals surface area contributed by atoms with E-state index in [-0.39, 0.29) is 0 Å². The molecule has 2 atom stereocenters. The fraction of sp³-hybridized carbons (Fsp3) is 0.765. The van der Waals surface area contributed by atoms with Gasteiger partial charge in [0.05, 0.1) is 0 Å². The second-order valence-electron chi connectivity index (χ2n) is 6.09. The minimum atomic E-state index is 0.464. The van der Waals surface area contributed by atoms with Gasteiger partial charge in [-0.2, -0.15) is 5.10 Å². The second kappa shape index (κ2) is 11.1. The Bertz CT molecular complexity index is 399. The monoisotopic (exact) mass is 307 g/mol. The summed E-state index contributed by atoms with van der Waals surface area (Å²) in [5.74, 6) is 1.39. The van der Waals surface area contributed by atoms with Crippen molar-refractivity contribution < 1.29 is 0 Å². The molecule has 1 rings (SSSR count). The molecule has 1 aromatic heterocycles. The summed E-state index contributed by atoms with van der Waals surface area (Å²) >= 11 is 0. The molecule has 1 aromatic rings. The highest BCUT2D eigenvalue weighted by atomic mass is 15.3. The van der Waals surface area contributed by atoms with Gasteiger partial charge < -0.3 is 10.6 Å². The Morgan fingerprint density at radius 2 is 2.09 bits per heavy atom. The van der Waals surface area contributed by atoms with Gasteiger partial charge in [-0.1, -0.05) is 33.1 Å². The van der Waals surface area contributed by atoms with Crippen LogP contribution in [0.15, 0.2) is 23.5 Å². The summed E-state index contributed by atoms with van der Waals surface area (Å²) in [5.41, 5.74) is 0. The van der Waals surface area contributed by atoms with E-state index in [0.29, 0.717) is 12.0 Å². The largest absolute Gasteiger partial charge is 0.357 e. The first-order valence-electron chi connectivity index (χ1n) is 8.68. The smallest absolute Gasteiger partial charge is 0.191 e. The lowest BCUT2D eigenvalue weighted by Gasteiger charge is -2.18. The molecule has 0 spiro atoms. The van der Waals surface area contributed by atoms with Crippen molar-refractivity contribution in [3.8, 4) is 0 Å². The predicted octanol–water partition coefficient (Wildman–Crippen LogP) is 3.04. The Kier molecular flexibility index (Phi) is 9.35. The number of aliphatic imine (C=N–C) groups is 1. The van der Waals surface area contributed by atoms with Crippen LogP contribution in [0.4, 0.5) is 0 Å². The lowest BCUT2D eigenvalue weighted by Crippen LogP contribution is -2.42. The number of hydrogen-bond acceptors (Lipinski definition) is 2. The van der Waals surface area contributed by atoms with Crippen molar-refractivity contribution in [1.29, 1.82) is 0 Å². The highest BCUT2D eigenvalue weighted by Gasteiger charge is 2.07. The fourth-order valence-corrected chi connectivity index (χ4v) is 2.36. The quantitative estimate of drug-likeness (QED) is 0.397. The molecule has 1 heterocycles. The minimum Gasteiger partial charge on any atom is -0.357 e. The molecule has 2 unspecified atom stereocenters. The Balaban J connectivity index is 2.39. The van der Waals surface area contributed by atoms with Crippen molar-refractivity contribution in [1.82, 2.24) is 20.4 Å². The molecule has 0 radical (unpaired) electrons. The summed E-state index contributed by atoms with van der Waals surface area (Å²) in [6, 6.07) is 2.42. The molecule has 0 fully saturated rings. The fourth-order valence-electron chi connectivity index (χ4n) is 2.36. The van der Waals surface area contributed by atoms with E-state index in [1.54, 1.807) is 0 Å². The SMILES string of the molecule is CCCCCC(C)NC(=NCC(C)Cn1cccn1)NCC. The molecule has 126 valence electrons. The van der Waals surface area contributed by atoms with Gasteiger partial charge in [0.2, 0.25) is 0 Å². The van der Waals surface area contributed by atoms with E-state index in [1.807, 2.05) is 23.1 Å². The first kappa shape index (κ1) is 18.5. The standard InChI is InChI=1S/C17H33N5/c1-5-7-8-10-16(4)21-17(18-6-2)19-13-15(3)14-22-12-9-11-20-22/h9,11-12,15-16H,5-8,10,13-14H2,1-4H3,(H2,18,19,21). The lowest BCUT2D eigenvalue weighted by atomic mass is 10.1. The normalized spacial score (nSPS) is 14.6. The van der Waals surface area contributed by atoms with Gasteiger partial charge in [-0.15, -0.1) is 0 Å². The van der Waals surface area contributed by atoms with E-state index in [1.165, 1.54) is 25.7 Å². The van der Waals surface area contributed by atoms with E-state index >= 15 is 0 Å². The zero-order valence-electron chi connectivity index (χ0n) is 14.7. The van der Waals surface area contributed by atoms with Crippen LogP contribution in [0.5, 0.6) is 0 Å². The topological polar surface area (TPSA) is 54.2 Å². The molecule has 0 aliphatic rings. The van der Waals surface area contributed by atoms with Crippen LogP contribution in [-0.2, 0) is 6.54 Å². The Labute approximate surface area is 135 Å². The van der Waals surface area contributed by atoms with Gasteiger partial charge in [-0.3, -0.25) is 9.67 Å². The molecule has 0 saturated carbocycles. The van der Waals surface area contributed by atoms with Gasteiger partial charge in [0.15, 0.2) is 5.96 Å². The van der Waals surface area contributed by atoms with Crippen LogP contribution in [0.3, 0.4) is 0 Å². The van der Waals surface area contributed by atoms with Crippen molar-refractivity contribution in [3.05, 3.63) is 18.5 Å². The van der Waals surface area contributed by atoms with Crippen LogP contribution < -0.4 is 10.6 Å². The molecule has 0 aliphatic heterocycles. The molecule has 0 aliphatic carbocycles. The average molecular weight is 307 g/mol. The van der Waals surface area contributed by atoms with Crippen molar-refractivity contribution >= 4 is 5.96 Å². The van der Waals surface area contributed by atoms with Crippen LogP contribution >= 0.6 is 0 Å². The van der Waals surface area contributed by atoms with Crippen LogP contribution in [0.1, 0.15) is 53.4 Å². The van der Waals surface area contributed by atoms with Crippen molar-refractivity contribution in [2.24, 2.45) is 10.9 Å². The molecule has 5 nitrogen and oxygen atoms in total. The van der Waals surface area contributed by atoms with Crippen LogP contribution in [0, 0.1) is 5.92 Å². The molecule has 0 aromatic carbocycles. The highest BCUT2D eigenvalue weighted by Crippen LogP contribution is 2.03. The number of aromatic nitrogens is 2. The summed E-state index contributed by atoms with van der Waals surface area (Å²) in [5, 5.41) is 11.1. The maximum Gasteiger partial charge on any atom is 0.191 e. The Morgan fingerprint density at radius 3 is 2.73 bits per heavy atom. The molecular weight excluding hydrogens is 274 g/mol. The zero-order chi connectivity index (χ0) is 16.2. The first-order chi connectivity index (χ1) is 10.7. The zero-order valence-corrected chi connectivity index (χ0v) is 14.7. The number of nitrogens with zero attached hydrogens (tertiary/aromatic N) is 3. The molecule has 0 bridgehead atoms. The maximum atomic E-state index is 4.72. The van der Waals surface area contributed by atoms with Crippen molar-refractivity contribution in [3.63, 3.8) is 0 Å². The third-order valence-corrected chi connectivity index (χ3v) is 3.59. The lowest BCUT2D eigenvalue weighted by molar-refractivity contribution is 0.457. The first-order valence-corrected chi connectivity index (χ1v) is 8.68. The van der Waals surface area contributed by atoms with E-state index in [9.17, 15) is 0 Å². The van der Waals surface area contributed by atoms with Crippen LogP contribution in [0.25, 0.3) is 0 Å². The van der Waals surface area contributed by atoms with Gasteiger partial charge in [0, 0.05) is 38.1 Å². The van der Waals surface area contributed by atoms with Crippen molar-refractivity contribution in [2.45, 2.75) is 66.0 Å². The third-order valence-electron chi connectivity index (χ3n) is 3.59. The molecule has 2 N–H and O–H groups in total. The van der Waals surface area contributed by atoms with E-state index in [2.05, 4.69) is 43.4 Å². The second-order valence-corrected chi connectivity index (χ2v) is 6.09. The van der Waals surface area contributed by atoms with Crippen LogP contribution in [0.2, 0.25) is 0 Å². The number of guanidine groups is 1. The van der Waals surface area contributed by atoms with Gasteiger partial charge in [-0.05, 0) is 32.3 Å². The van der Waals surface area contributed by atoms with Crippen LogP contribution in [-0.4, -0.2) is 34.9 Å². The summed E-state index contributed by atoms with van der Waals surface area (Å²) in [4.78, 5) is 4.72. The van der Waals surface area contributed by atoms with Gasteiger partial charge in [0.25, 0.3) is 0 Å². The molecule has 22 heavy (non-hydrogen) atoms. The van der Waals surface area contributed by atoms with E-state index < -0.39 is 0 Å². The summed E-state index contributed by atoms with van der Waals surface area (Å²) in [7, 11) is 0. The number of unbranched alkanes of at least 4 members (excludes halogenated alkanes) is 2. The molecule has 5 heteroatoms. The maximum absolute atomic E-state index is 4.72. The summed E-state index contributed by atoms with van der Waals surface area (Å²) in [6.07, 6.45) is 8.87. The Hall–Kier alpha value is -1.52. The van der Waals surface area contributed by atoms with Gasteiger partial charge in [0.1, 0.15) is 0 Å². The molecule has 0 saturated heterocycles. The third kappa shape index (κ3) is 8.05. The predicted molar refractivity (Wildman–Crippen MR) is 94.1 cm³/mol. The summed E-state index contributed by atoms with van der Waals surface area (Å²) < 4.78 is 1.97. The molecular formula is C17H33N5. The summed E-state index contributed by atoms with van der Waals surface area (Å²) in [6.45, 7) is 11.4. The molecule has 0 amide bonds. The van der Waals surface area contributed by atoms with E-state index in [4.69, 9.17) is 4.99 Å². The highest BCUT2D eigenvalue weighted by molar-refractivity contribution is 5.80. The Morgan fingerprint density at radius 1 is 1.27 bits per heavy atom. The number of rotatable bonds is 10. The van der Waals surface area contributed by atoms with Crippen molar-refractivity contribution in [2.75, 3.05) is 13.1 Å².